The van der Waals surface area contributed by atoms with E-state index < -0.39 is 0 Å². The molecular weight excluding hydrogens is 210 g/mol. The lowest BCUT2D eigenvalue weighted by molar-refractivity contribution is 0.107. The van der Waals surface area contributed by atoms with E-state index >= 15 is 0 Å². The van der Waals surface area contributed by atoms with Crippen LogP contribution in [0.25, 0.3) is 10.8 Å². The summed E-state index contributed by atoms with van der Waals surface area (Å²) in [4.78, 5) is 4.16. The first-order valence-electron chi connectivity index (χ1n) is 6.28. The molecule has 0 amide bonds. The predicted molar refractivity (Wildman–Crippen MR) is 68.6 cm³/mol. The van der Waals surface area contributed by atoms with Crippen molar-refractivity contribution in [3.05, 3.63) is 42.2 Å². The summed E-state index contributed by atoms with van der Waals surface area (Å²) in [6.07, 6.45) is 5.81. The molecule has 17 heavy (non-hydrogen) atoms. The summed E-state index contributed by atoms with van der Waals surface area (Å²) in [7, 11) is 0. The van der Waals surface area contributed by atoms with Crippen molar-refractivity contribution >= 4 is 10.8 Å². The molecule has 0 bridgehead atoms. The van der Waals surface area contributed by atoms with E-state index in [0.29, 0.717) is 11.8 Å². The summed E-state index contributed by atoms with van der Waals surface area (Å²) in [6, 6.07) is 8.09. The van der Waals surface area contributed by atoms with Gasteiger partial charge in [-0.15, -0.1) is 0 Å². The van der Waals surface area contributed by atoms with Crippen molar-refractivity contribution in [1.82, 2.24) is 4.98 Å². The van der Waals surface area contributed by atoms with Gasteiger partial charge in [-0.25, -0.2) is 0 Å². The van der Waals surface area contributed by atoms with Crippen molar-refractivity contribution in [2.24, 2.45) is 11.8 Å². The second kappa shape index (κ2) is 4.11. The summed E-state index contributed by atoms with van der Waals surface area (Å²) in [5.41, 5.74) is 1.02. The molecule has 3 rings (SSSR count). The predicted octanol–water partition coefficient (Wildman–Crippen LogP) is 3.31. The van der Waals surface area contributed by atoms with Gasteiger partial charge < -0.3 is 5.11 Å². The molecule has 0 aliphatic heterocycles. The Labute approximate surface area is 101 Å². The first kappa shape index (κ1) is 10.7. The van der Waals surface area contributed by atoms with Gasteiger partial charge in [-0.2, -0.15) is 0 Å². The lowest BCUT2D eigenvalue weighted by Gasteiger charge is -2.20. The molecule has 2 unspecified atom stereocenters. The van der Waals surface area contributed by atoms with E-state index in [1.54, 1.807) is 6.20 Å². The third-order valence-corrected chi connectivity index (χ3v) is 3.90. The van der Waals surface area contributed by atoms with Crippen molar-refractivity contribution in [2.75, 3.05) is 0 Å². The smallest absolute Gasteiger partial charge is 0.0824 e. The number of aromatic nitrogens is 1. The zero-order valence-corrected chi connectivity index (χ0v) is 10.0. The molecule has 88 valence electrons. The molecule has 1 heterocycles. The van der Waals surface area contributed by atoms with E-state index in [-0.39, 0.29) is 6.10 Å². The Morgan fingerprint density at radius 1 is 1.29 bits per heavy atom. The normalized spacial score (nSPS) is 19.2. The van der Waals surface area contributed by atoms with Gasteiger partial charge >= 0.3 is 0 Å². The Morgan fingerprint density at radius 2 is 2.12 bits per heavy atom. The number of aliphatic hydroxyl groups is 1. The van der Waals surface area contributed by atoms with Crippen LogP contribution in [0.4, 0.5) is 0 Å². The van der Waals surface area contributed by atoms with Crippen molar-refractivity contribution in [1.29, 1.82) is 0 Å². The maximum Gasteiger partial charge on any atom is 0.0824 e. The number of hydrogen-bond donors (Lipinski definition) is 1. The van der Waals surface area contributed by atoms with E-state index in [1.165, 1.54) is 12.8 Å². The topological polar surface area (TPSA) is 33.1 Å². The van der Waals surface area contributed by atoms with Gasteiger partial charge in [-0.3, -0.25) is 4.98 Å². The first-order chi connectivity index (χ1) is 8.27. The maximum atomic E-state index is 10.5. The van der Waals surface area contributed by atoms with Gasteiger partial charge in [0.1, 0.15) is 0 Å². The molecule has 1 N–H and O–H groups in total. The van der Waals surface area contributed by atoms with E-state index in [4.69, 9.17) is 0 Å². The van der Waals surface area contributed by atoms with Gasteiger partial charge in [0.2, 0.25) is 0 Å². The number of pyridine rings is 1. The molecule has 1 fully saturated rings. The summed E-state index contributed by atoms with van der Waals surface area (Å²) < 4.78 is 0. The number of benzene rings is 1. The second-order valence-electron chi connectivity index (χ2n) is 5.09. The Bertz CT molecular complexity index is 528. The average Bonchev–Trinajstić information content (AvgIpc) is 3.20. The van der Waals surface area contributed by atoms with Gasteiger partial charge in [-0.05, 0) is 41.7 Å². The van der Waals surface area contributed by atoms with Crippen molar-refractivity contribution < 1.29 is 5.11 Å². The van der Waals surface area contributed by atoms with Crippen LogP contribution in [0, 0.1) is 11.8 Å². The number of nitrogens with zero attached hydrogens (tertiary/aromatic N) is 1. The van der Waals surface area contributed by atoms with Crippen molar-refractivity contribution in [3.8, 4) is 0 Å². The van der Waals surface area contributed by atoms with Gasteiger partial charge in [0.15, 0.2) is 0 Å². The molecule has 1 aliphatic rings. The van der Waals surface area contributed by atoms with E-state index in [1.807, 2.05) is 24.4 Å². The lowest BCUT2D eigenvalue weighted by atomic mass is 9.91. The van der Waals surface area contributed by atoms with Crippen LogP contribution in [0.15, 0.2) is 36.7 Å². The molecule has 1 aromatic heterocycles. The summed E-state index contributed by atoms with van der Waals surface area (Å²) >= 11 is 0. The van der Waals surface area contributed by atoms with Gasteiger partial charge in [0.25, 0.3) is 0 Å². The average molecular weight is 227 g/mol. The molecule has 0 spiro atoms. The van der Waals surface area contributed by atoms with E-state index in [0.717, 1.165) is 16.3 Å². The molecule has 1 saturated carbocycles. The molecule has 2 atom stereocenters. The quantitative estimate of drug-likeness (QED) is 0.872. The third-order valence-electron chi connectivity index (χ3n) is 3.90. The van der Waals surface area contributed by atoms with E-state index in [9.17, 15) is 5.11 Å². The van der Waals surface area contributed by atoms with Crippen LogP contribution in [0.1, 0.15) is 31.4 Å². The molecular formula is C15H17NO. The van der Waals surface area contributed by atoms with Crippen LogP contribution in [0.5, 0.6) is 0 Å². The SMILES string of the molecule is CC(C1CC1)C(O)c1cccc2ccncc12. The fourth-order valence-corrected chi connectivity index (χ4v) is 2.56. The number of aliphatic hydroxyl groups excluding tert-OH is 1. The zero-order valence-electron chi connectivity index (χ0n) is 10.0. The molecule has 2 nitrogen and oxygen atoms in total. The molecule has 2 aromatic rings. The largest absolute Gasteiger partial charge is 0.388 e. The summed E-state index contributed by atoms with van der Waals surface area (Å²) in [5.74, 6) is 1.05. The summed E-state index contributed by atoms with van der Waals surface area (Å²) in [5, 5.41) is 12.7. The Morgan fingerprint density at radius 3 is 2.88 bits per heavy atom. The van der Waals surface area contributed by atoms with Gasteiger partial charge in [0, 0.05) is 17.8 Å². The van der Waals surface area contributed by atoms with Crippen molar-refractivity contribution in [2.45, 2.75) is 25.9 Å². The highest BCUT2D eigenvalue weighted by molar-refractivity contribution is 5.85. The van der Waals surface area contributed by atoms with Crippen LogP contribution < -0.4 is 0 Å². The highest BCUT2D eigenvalue weighted by Crippen LogP contribution is 2.43. The summed E-state index contributed by atoms with van der Waals surface area (Å²) in [6.45, 7) is 2.15. The molecule has 1 aromatic carbocycles. The third kappa shape index (κ3) is 1.93. The lowest BCUT2D eigenvalue weighted by Crippen LogP contribution is -2.11. The Balaban J connectivity index is 2.03. The highest BCUT2D eigenvalue weighted by atomic mass is 16.3. The van der Waals surface area contributed by atoms with Crippen LogP contribution in [-0.2, 0) is 0 Å². The monoisotopic (exact) mass is 227 g/mol. The van der Waals surface area contributed by atoms with Gasteiger partial charge in [-0.1, -0.05) is 25.1 Å². The van der Waals surface area contributed by atoms with Crippen LogP contribution in [0.3, 0.4) is 0 Å². The standard InChI is InChI=1S/C15H17NO/c1-10(11-5-6-11)15(17)13-4-2-3-12-7-8-16-9-14(12)13/h2-4,7-11,15,17H,5-6H2,1H3. The van der Waals surface area contributed by atoms with E-state index in [2.05, 4.69) is 18.0 Å². The highest BCUT2D eigenvalue weighted by Gasteiger charge is 2.33. The fraction of sp³-hybridized carbons (Fsp3) is 0.400. The number of rotatable bonds is 3. The Hall–Kier alpha value is -1.41. The second-order valence-corrected chi connectivity index (χ2v) is 5.09. The van der Waals surface area contributed by atoms with Crippen LogP contribution >= 0.6 is 0 Å². The Kier molecular flexibility index (Phi) is 2.60. The fourth-order valence-electron chi connectivity index (χ4n) is 2.56. The van der Waals surface area contributed by atoms with Gasteiger partial charge in [0.05, 0.1) is 6.10 Å². The van der Waals surface area contributed by atoms with Crippen LogP contribution in [0.2, 0.25) is 0 Å². The minimum Gasteiger partial charge on any atom is -0.388 e. The molecule has 0 saturated heterocycles. The molecule has 0 radical (unpaired) electrons. The zero-order chi connectivity index (χ0) is 11.8. The minimum absolute atomic E-state index is 0.348. The number of fused-ring (bicyclic) bond motifs is 1. The molecule has 1 aliphatic carbocycles. The molecule has 2 heteroatoms. The van der Waals surface area contributed by atoms with Crippen LogP contribution in [-0.4, -0.2) is 10.1 Å². The minimum atomic E-state index is -0.365. The maximum absolute atomic E-state index is 10.5. The first-order valence-corrected chi connectivity index (χ1v) is 6.28. The number of hydrogen-bond acceptors (Lipinski definition) is 2. The van der Waals surface area contributed by atoms with Crippen molar-refractivity contribution in [3.63, 3.8) is 0 Å².